The number of nitrogens with two attached hydrogens (primary N) is 1. The predicted molar refractivity (Wildman–Crippen MR) is 75.1 cm³/mol. The molecule has 0 aromatic heterocycles. The summed E-state index contributed by atoms with van der Waals surface area (Å²) in [6, 6.07) is 4.79. The monoisotopic (exact) mass is 315 g/mol. The molecule has 4 heteroatoms. The Morgan fingerprint density at radius 2 is 2.06 bits per heavy atom. The summed E-state index contributed by atoms with van der Waals surface area (Å²) in [7, 11) is 0. The number of ketones is 1. The highest BCUT2D eigenvalue weighted by molar-refractivity contribution is 9.10. The van der Waals surface area contributed by atoms with E-state index in [1.807, 2.05) is 0 Å². The number of Topliss-reactive ketones (excluding diaryl/α,β-unsaturated/α-hetero) is 1. The van der Waals surface area contributed by atoms with E-state index in [0.29, 0.717) is 17.4 Å². The largest absolute Gasteiger partial charge is 0.330 e. The first-order valence-corrected chi connectivity index (χ1v) is 6.84. The van der Waals surface area contributed by atoms with Crippen LogP contribution in [0.25, 0.3) is 0 Å². The van der Waals surface area contributed by atoms with Crippen molar-refractivity contribution in [3.63, 3.8) is 0 Å². The van der Waals surface area contributed by atoms with Gasteiger partial charge in [-0.2, -0.15) is 0 Å². The lowest BCUT2D eigenvalue weighted by Gasteiger charge is -2.23. The SMILES string of the molecule is CC(C)(CCN)CCC(=O)c1cccc(Br)c1F. The summed E-state index contributed by atoms with van der Waals surface area (Å²) in [6.07, 6.45) is 1.93. The zero-order valence-corrected chi connectivity index (χ0v) is 12.4. The van der Waals surface area contributed by atoms with Crippen molar-refractivity contribution < 1.29 is 9.18 Å². The van der Waals surface area contributed by atoms with Crippen molar-refractivity contribution in [3.8, 4) is 0 Å². The van der Waals surface area contributed by atoms with Gasteiger partial charge in [0.25, 0.3) is 0 Å². The molecule has 0 saturated heterocycles. The molecule has 0 aliphatic rings. The van der Waals surface area contributed by atoms with Crippen LogP contribution in [0.4, 0.5) is 4.39 Å². The van der Waals surface area contributed by atoms with E-state index in [9.17, 15) is 9.18 Å². The van der Waals surface area contributed by atoms with Crippen LogP contribution < -0.4 is 5.73 Å². The van der Waals surface area contributed by atoms with Crippen molar-refractivity contribution in [3.05, 3.63) is 34.1 Å². The van der Waals surface area contributed by atoms with Gasteiger partial charge in [0.1, 0.15) is 5.82 Å². The fraction of sp³-hybridized carbons (Fsp3) is 0.500. The second-order valence-electron chi connectivity index (χ2n) is 5.23. The van der Waals surface area contributed by atoms with Gasteiger partial charge in [0, 0.05) is 6.42 Å². The van der Waals surface area contributed by atoms with Crippen LogP contribution in [0.2, 0.25) is 0 Å². The van der Waals surface area contributed by atoms with Gasteiger partial charge in [0.2, 0.25) is 0 Å². The molecule has 1 aromatic carbocycles. The van der Waals surface area contributed by atoms with Crippen molar-refractivity contribution in [2.24, 2.45) is 11.1 Å². The van der Waals surface area contributed by atoms with E-state index in [1.54, 1.807) is 12.1 Å². The molecule has 2 N–H and O–H groups in total. The maximum absolute atomic E-state index is 13.7. The fourth-order valence-electron chi connectivity index (χ4n) is 1.82. The summed E-state index contributed by atoms with van der Waals surface area (Å²) < 4.78 is 14.1. The second-order valence-corrected chi connectivity index (χ2v) is 6.08. The topological polar surface area (TPSA) is 43.1 Å². The smallest absolute Gasteiger partial charge is 0.165 e. The van der Waals surface area contributed by atoms with Crippen molar-refractivity contribution in [1.29, 1.82) is 0 Å². The third-order valence-electron chi connectivity index (χ3n) is 3.10. The van der Waals surface area contributed by atoms with Gasteiger partial charge in [-0.05, 0) is 52.9 Å². The van der Waals surface area contributed by atoms with E-state index < -0.39 is 5.82 Å². The molecule has 0 spiro atoms. The van der Waals surface area contributed by atoms with E-state index in [0.717, 1.165) is 12.8 Å². The third kappa shape index (κ3) is 4.18. The van der Waals surface area contributed by atoms with Crippen LogP contribution in [0, 0.1) is 11.2 Å². The van der Waals surface area contributed by atoms with Crippen LogP contribution >= 0.6 is 15.9 Å². The Hall–Kier alpha value is -0.740. The Kier molecular flexibility index (Phi) is 5.47. The lowest BCUT2D eigenvalue weighted by molar-refractivity contribution is 0.0957. The van der Waals surface area contributed by atoms with Gasteiger partial charge in [-0.1, -0.05) is 19.9 Å². The maximum Gasteiger partial charge on any atom is 0.165 e. The molecule has 18 heavy (non-hydrogen) atoms. The van der Waals surface area contributed by atoms with Crippen LogP contribution in [0.1, 0.15) is 43.5 Å². The molecule has 0 unspecified atom stereocenters. The molecule has 0 atom stereocenters. The standard InChI is InChI=1S/C14H19BrFNO/c1-14(2,8-9-17)7-6-12(18)10-4-3-5-11(15)13(10)16/h3-5H,6-9,17H2,1-2H3. The number of benzene rings is 1. The summed E-state index contributed by atoms with van der Waals surface area (Å²) in [5.74, 6) is -0.627. The van der Waals surface area contributed by atoms with E-state index in [2.05, 4.69) is 29.8 Å². The minimum Gasteiger partial charge on any atom is -0.330 e. The molecule has 1 rings (SSSR count). The van der Waals surface area contributed by atoms with Gasteiger partial charge in [0.05, 0.1) is 10.0 Å². The van der Waals surface area contributed by atoms with Gasteiger partial charge in [-0.15, -0.1) is 0 Å². The van der Waals surface area contributed by atoms with Crippen LogP contribution in [0.15, 0.2) is 22.7 Å². The van der Waals surface area contributed by atoms with Gasteiger partial charge >= 0.3 is 0 Å². The Morgan fingerprint density at radius 1 is 1.39 bits per heavy atom. The number of carbonyl (C=O) groups is 1. The molecule has 0 saturated carbocycles. The molecule has 0 bridgehead atoms. The first-order chi connectivity index (χ1) is 8.37. The van der Waals surface area contributed by atoms with Crippen LogP contribution in [0.5, 0.6) is 0 Å². The van der Waals surface area contributed by atoms with Crippen LogP contribution in [-0.2, 0) is 0 Å². The maximum atomic E-state index is 13.7. The van der Waals surface area contributed by atoms with E-state index >= 15 is 0 Å². The van der Waals surface area contributed by atoms with Crippen molar-refractivity contribution >= 4 is 21.7 Å². The molecular formula is C14H19BrFNO. The van der Waals surface area contributed by atoms with Crippen LogP contribution in [0.3, 0.4) is 0 Å². The molecule has 0 aliphatic heterocycles. The Bertz CT molecular complexity index is 432. The lowest BCUT2D eigenvalue weighted by atomic mass is 9.83. The number of hydrogen-bond acceptors (Lipinski definition) is 2. The van der Waals surface area contributed by atoms with Gasteiger partial charge in [-0.25, -0.2) is 4.39 Å². The number of hydrogen-bond donors (Lipinski definition) is 1. The third-order valence-corrected chi connectivity index (χ3v) is 3.71. The first kappa shape index (κ1) is 15.3. The summed E-state index contributed by atoms with van der Waals surface area (Å²) in [6.45, 7) is 4.75. The molecule has 0 amide bonds. The molecule has 0 heterocycles. The van der Waals surface area contributed by atoms with E-state index in [4.69, 9.17) is 5.73 Å². The minimum absolute atomic E-state index is 0.0207. The number of carbonyl (C=O) groups excluding carboxylic acids is 1. The quantitative estimate of drug-likeness (QED) is 0.808. The van der Waals surface area contributed by atoms with Gasteiger partial charge in [0.15, 0.2) is 5.78 Å². The normalized spacial score (nSPS) is 11.6. The molecular weight excluding hydrogens is 297 g/mol. The Labute approximate surface area is 116 Å². The average molecular weight is 316 g/mol. The zero-order valence-electron chi connectivity index (χ0n) is 10.8. The minimum atomic E-state index is -0.473. The summed E-state index contributed by atoms with van der Waals surface area (Å²) in [4.78, 5) is 12.0. The summed E-state index contributed by atoms with van der Waals surface area (Å²) >= 11 is 3.09. The number of rotatable bonds is 6. The van der Waals surface area contributed by atoms with Crippen molar-refractivity contribution in [2.75, 3.05) is 6.54 Å². The van der Waals surface area contributed by atoms with Crippen molar-refractivity contribution in [1.82, 2.24) is 0 Å². The Balaban J connectivity index is 2.69. The summed E-state index contributed by atoms with van der Waals surface area (Å²) in [5, 5.41) is 0. The Morgan fingerprint density at radius 3 is 2.67 bits per heavy atom. The molecule has 1 aromatic rings. The summed E-state index contributed by atoms with van der Waals surface area (Å²) in [5.41, 5.74) is 5.71. The van der Waals surface area contributed by atoms with Gasteiger partial charge < -0.3 is 5.73 Å². The average Bonchev–Trinajstić information content (AvgIpc) is 2.30. The van der Waals surface area contributed by atoms with E-state index in [-0.39, 0.29) is 16.8 Å². The van der Waals surface area contributed by atoms with E-state index in [1.165, 1.54) is 6.07 Å². The highest BCUT2D eigenvalue weighted by atomic mass is 79.9. The molecule has 2 nitrogen and oxygen atoms in total. The predicted octanol–water partition coefficient (Wildman–Crippen LogP) is 3.93. The molecule has 0 aliphatic carbocycles. The molecule has 0 fully saturated rings. The molecule has 100 valence electrons. The lowest BCUT2D eigenvalue weighted by Crippen LogP contribution is -2.18. The highest BCUT2D eigenvalue weighted by Crippen LogP contribution is 2.28. The van der Waals surface area contributed by atoms with Gasteiger partial charge in [-0.3, -0.25) is 4.79 Å². The second kappa shape index (κ2) is 6.43. The van der Waals surface area contributed by atoms with Crippen LogP contribution in [-0.4, -0.2) is 12.3 Å². The number of halogens is 2. The fourth-order valence-corrected chi connectivity index (χ4v) is 2.19. The molecule has 0 radical (unpaired) electrons. The highest BCUT2D eigenvalue weighted by Gasteiger charge is 2.20. The zero-order chi connectivity index (χ0) is 13.8. The van der Waals surface area contributed by atoms with Crippen molar-refractivity contribution in [2.45, 2.75) is 33.1 Å². The first-order valence-electron chi connectivity index (χ1n) is 6.05.